The number of H-pyrrole nitrogens is 1. The van der Waals surface area contributed by atoms with Crippen molar-refractivity contribution in [1.29, 1.82) is 0 Å². The van der Waals surface area contributed by atoms with Crippen molar-refractivity contribution >= 4 is 17.2 Å². The van der Waals surface area contributed by atoms with Crippen LogP contribution in [0.3, 0.4) is 0 Å². The Hall–Kier alpha value is -1.62. The van der Waals surface area contributed by atoms with Crippen LogP contribution in [-0.4, -0.2) is 15.9 Å². The van der Waals surface area contributed by atoms with Gasteiger partial charge in [-0.15, -0.1) is 11.3 Å². The third kappa shape index (κ3) is 2.42. The van der Waals surface area contributed by atoms with Crippen molar-refractivity contribution in [2.75, 3.05) is 0 Å². The van der Waals surface area contributed by atoms with E-state index in [0.29, 0.717) is 0 Å². The fraction of sp³-hybridized carbons (Fsp3) is 0.429. The molecule has 1 aliphatic rings. The Balaban J connectivity index is 1.75. The SMILES string of the molecule is CC(NC(=O)c1csc2c1CCCC2)c1ncc[nH]1. The maximum atomic E-state index is 12.3. The molecule has 19 heavy (non-hydrogen) atoms. The van der Waals surface area contributed by atoms with E-state index >= 15 is 0 Å². The van der Waals surface area contributed by atoms with E-state index in [9.17, 15) is 4.79 Å². The van der Waals surface area contributed by atoms with Crippen LogP contribution in [0.4, 0.5) is 0 Å². The van der Waals surface area contributed by atoms with E-state index in [-0.39, 0.29) is 11.9 Å². The van der Waals surface area contributed by atoms with Gasteiger partial charge in [0.05, 0.1) is 11.6 Å². The van der Waals surface area contributed by atoms with Crippen molar-refractivity contribution in [3.05, 3.63) is 39.6 Å². The first-order valence-corrected chi connectivity index (χ1v) is 7.53. The zero-order valence-electron chi connectivity index (χ0n) is 10.9. The Labute approximate surface area is 116 Å². The number of thiophene rings is 1. The van der Waals surface area contributed by atoms with Gasteiger partial charge in [-0.25, -0.2) is 4.98 Å². The molecular weight excluding hydrogens is 258 g/mol. The normalized spacial score (nSPS) is 15.8. The van der Waals surface area contributed by atoms with Crippen molar-refractivity contribution < 1.29 is 4.79 Å². The molecule has 2 heterocycles. The lowest BCUT2D eigenvalue weighted by molar-refractivity contribution is 0.0937. The molecule has 1 unspecified atom stereocenters. The van der Waals surface area contributed by atoms with E-state index in [4.69, 9.17) is 0 Å². The number of nitrogens with one attached hydrogen (secondary N) is 2. The van der Waals surface area contributed by atoms with Gasteiger partial charge in [0.2, 0.25) is 0 Å². The van der Waals surface area contributed by atoms with E-state index in [1.165, 1.54) is 23.3 Å². The van der Waals surface area contributed by atoms with Gasteiger partial charge in [0.25, 0.3) is 5.91 Å². The van der Waals surface area contributed by atoms with Crippen LogP contribution in [0.5, 0.6) is 0 Å². The summed E-state index contributed by atoms with van der Waals surface area (Å²) < 4.78 is 0. The number of nitrogens with zero attached hydrogens (tertiary/aromatic N) is 1. The highest BCUT2D eigenvalue weighted by Crippen LogP contribution is 2.30. The number of carbonyl (C=O) groups excluding carboxylic acids is 1. The van der Waals surface area contributed by atoms with Crippen LogP contribution in [0.25, 0.3) is 0 Å². The molecule has 0 saturated carbocycles. The minimum absolute atomic E-state index is 0.0169. The highest BCUT2D eigenvalue weighted by Gasteiger charge is 2.21. The molecule has 1 aliphatic carbocycles. The molecule has 5 heteroatoms. The summed E-state index contributed by atoms with van der Waals surface area (Å²) in [7, 11) is 0. The van der Waals surface area contributed by atoms with Crippen molar-refractivity contribution in [3.63, 3.8) is 0 Å². The number of hydrogen-bond acceptors (Lipinski definition) is 3. The highest BCUT2D eigenvalue weighted by atomic mass is 32.1. The lowest BCUT2D eigenvalue weighted by Gasteiger charge is -2.14. The summed E-state index contributed by atoms with van der Waals surface area (Å²) in [5, 5.41) is 5.01. The van der Waals surface area contributed by atoms with E-state index in [0.717, 1.165) is 24.2 Å². The molecule has 1 atom stereocenters. The smallest absolute Gasteiger partial charge is 0.252 e. The average molecular weight is 275 g/mol. The lowest BCUT2D eigenvalue weighted by atomic mass is 9.95. The zero-order chi connectivity index (χ0) is 13.2. The molecule has 2 aromatic rings. The number of aromatic nitrogens is 2. The van der Waals surface area contributed by atoms with Crippen LogP contribution in [0, 0.1) is 0 Å². The van der Waals surface area contributed by atoms with E-state index in [1.54, 1.807) is 23.7 Å². The predicted molar refractivity (Wildman–Crippen MR) is 75.4 cm³/mol. The fourth-order valence-electron chi connectivity index (χ4n) is 2.54. The molecule has 2 N–H and O–H groups in total. The number of imidazole rings is 1. The molecule has 3 rings (SSSR count). The minimum atomic E-state index is -0.0957. The van der Waals surface area contributed by atoms with Crippen LogP contribution in [0.1, 0.15) is 52.4 Å². The zero-order valence-corrected chi connectivity index (χ0v) is 11.7. The third-order valence-corrected chi connectivity index (χ3v) is 4.67. The van der Waals surface area contributed by atoms with Gasteiger partial charge >= 0.3 is 0 Å². The second-order valence-corrected chi connectivity index (χ2v) is 5.89. The molecule has 0 fully saturated rings. The van der Waals surface area contributed by atoms with Gasteiger partial charge in [-0.1, -0.05) is 0 Å². The van der Waals surface area contributed by atoms with Crippen LogP contribution in [-0.2, 0) is 12.8 Å². The van der Waals surface area contributed by atoms with E-state index < -0.39 is 0 Å². The Kier molecular flexibility index (Phi) is 3.38. The van der Waals surface area contributed by atoms with Gasteiger partial charge in [-0.05, 0) is 38.2 Å². The van der Waals surface area contributed by atoms with E-state index in [2.05, 4.69) is 15.3 Å². The van der Waals surface area contributed by atoms with E-state index in [1.807, 2.05) is 12.3 Å². The van der Waals surface area contributed by atoms with Gasteiger partial charge in [0.15, 0.2) is 0 Å². The summed E-state index contributed by atoms with van der Waals surface area (Å²) in [6.45, 7) is 1.94. The number of aryl methyl sites for hydroxylation is 1. The molecule has 4 nitrogen and oxygen atoms in total. The largest absolute Gasteiger partial charge is 0.347 e. The molecule has 0 saturated heterocycles. The number of aromatic amines is 1. The molecule has 0 radical (unpaired) electrons. The van der Waals surface area contributed by atoms with Crippen molar-refractivity contribution in [2.24, 2.45) is 0 Å². The average Bonchev–Trinajstić information content (AvgIpc) is 3.08. The Bertz CT molecular complexity index is 574. The van der Waals surface area contributed by atoms with Crippen molar-refractivity contribution in [2.45, 2.75) is 38.6 Å². The lowest BCUT2D eigenvalue weighted by Crippen LogP contribution is -2.28. The summed E-state index contributed by atoms with van der Waals surface area (Å²) in [5.41, 5.74) is 2.12. The van der Waals surface area contributed by atoms with Gasteiger partial charge in [0.1, 0.15) is 5.82 Å². The molecule has 0 spiro atoms. The summed E-state index contributed by atoms with van der Waals surface area (Å²) >= 11 is 1.72. The number of fused-ring (bicyclic) bond motifs is 1. The highest BCUT2D eigenvalue weighted by molar-refractivity contribution is 7.10. The Morgan fingerprint density at radius 2 is 2.32 bits per heavy atom. The Morgan fingerprint density at radius 3 is 3.11 bits per heavy atom. The molecule has 100 valence electrons. The van der Waals surface area contributed by atoms with Crippen molar-refractivity contribution in [3.8, 4) is 0 Å². The molecule has 0 bridgehead atoms. The molecule has 0 aromatic carbocycles. The first-order chi connectivity index (χ1) is 9.25. The standard InChI is InChI=1S/C14H17N3OS/c1-9(13-15-6-7-16-13)17-14(18)11-8-19-12-5-3-2-4-10(11)12/h6-9H,2-5H2,1H3,(H,15,16)(H,17,18). The van der Waals surface area contributed by atoms with Gasteiger partial charge in [0, 0.05) is 22.7 Å². The second kappa shape index (κ2) is 5.17. The Morgan fingerprint density at radius 1 is 1.47 bits per heavy atom. The second-order valence-electron chi connectivity index (χ2n) is 4.93. The van der Waals surface area contributed by atoms with Crippen molar-refractivity contribution in [1.82, 2.24) is 15.3 Å². The van der Waals surface area contributed by atoms with Gasteiger partial charge < -0.3 is 10.3 Å². The number of hydrogen-bond donors (Lipinski definition) is 2. The first-order valence-electron chi connectivity index (χ1n) is 6.65. The molecule has 1 amide bonds. The monoisotopic (exact) mass is 275 g/mol. The summed E-state index contributed by atoms with van der Waals surface area (Å²) in [6, 6.07) is -0.0957. The predicted octanol–water partition coefficient (Wildman–Crippen LogP) is 2.84. The number of rotatable bonds is 3. The van der Waals surface area contributed by atoms with Crippen LogP contribution >= 0.6 is 11.3 Å². The first kappa shape index (κ1) is 12.4. The molecular formula is C14H17N3OS. The maximum Gasteiger partial charge on any atom is 0.252 e. The quantitative estimate of drug-likeness (QED) is 0.905. The topological polar surface area (TPSA) is 57.8 Å². The van der Waals surface area contributed by atoms with Crippen LogP contribution in [0.15, 0.2) is 17.8 Å². The molecule has 2 aromatic heterocycles. The summed E-state index contributed by atoms with van der Waals surface area (Å²) in [6.07, 6.45) is 8.07. The summed E-state index contributed by atoms with van der Waals surface area (Å²) in [5.74, 6) is 0.806. The fourth-order valence-corrected chi connectivity index (χ4v) is 3.67. The minimum Gasteiger partial charge on any atom is -0.347 e. The summed E-state index contributed by atoms with van der Waals surface area (Å²) in [4.78, 5) is 20.9. The number of amides is 1. The molecule has 0 aliphatic heterocycles. The maximum absolute atomic E-state index is 12.3. The van der Waals surface area contributed by atoms with Gasteiger partial charge in [-0.3, -0.25) is 4.79 Å². The third-order valence-electron chi connectivity index (χ3n) is 3.58. The van der Waals surface area contributed by atoms with Gasteiger partial charge in [-0.2, -0.15) is 0 Å². The van der Waals surface area contributed by atoms with Crippen LogP contribution in [0.2, 0.25) is 0 Å². The number of carbonyl (C=O) groups is 1. The van der Waals surface area contributed by atoms with Crippen LogP contribution < -0.4 is 5.32 Å².